The maximum Gasteiger partial charge on any atom is 0.0951 e. The Morgan fingerprint density at radius 2 is 2.47 bits per heavy atom. The highest BCUT2D eigenvalue weighted by Crippen LogP contribution is 2.24. The van der Waals surface area contributed by atoms with Gasteiger partial charge >= 0.3 is 0 Å². The van der Waals surface area contributed by atoms with Gasteiger partial charge < -0.3 is 10.3 Å². The second-order valence-electron chi connectivity index (χ2n) is 3.72. The molecule has 2 heterocycles. The second kappa shape index (κ2) is 4.59. The van der Waals surface area contributed by atoms with Gasteiger partial charge in [-0.3, -0.25) is 0 Å². The van der Waals surface area contributed by atoms with Crippen LogP contribution in [0.2, 0.25) is 0 Å². The number of nitrogens with two attached hydrogens (primary N) is 1. The van der Waals surface area contributed by atoms with Crippen LogP contribution in [0.4, 0.5) is 0 Å². The van der Waals surface area contributed by atoms with Crippen LogP contribution in [0.15, 0.2) is 30.0 Å². The van der Waals surface area contributed by atoms with Gasteiger partial charge in [0.2, 0.25) is 0 Å². The predicted octanol–water partition coefficient (Wildman–Crippen LogP) is 2.35. The molecule has 0 spiro atoms. The number of nitrogens with zero attached hydrogens (tertiary/aromatic N) is 2. The fourth-order valence-corrected chi connectivity index (χ4v) is 2.22. The molecule has 80 valence electrons. The van der Waals surface area contributed by atoms with Crippen LogP contribution < -0.4 is 5.73 Å². The van der Waals surface area contributed by atoms with Crippen molar-refractivity contribution >= 4 is 11.3 Å². The summed E-state index contributed by atoms with van der Waals surface area (Å²) < 4.78 is 2.16. The number of imidazole rings is 1. The SMILES string of the molecule is CC(N)CCn1cncc1-c1cccs1. The van der Waals surface area contributed by atoms with Crippen molar-refractivity contribution < 1.29 is 0 Å². The van der Waals surface area contributed by atoms with Gasteiger partial charge in [0.1, 0.15) is 0 Å². The fourth-order valence-electron chi connectivity index (χ4n) is 1.47. The highest BCUT2D eigenvalue weighted by Gasteiger charge is 2.06. The topological polar surface area (TPSA) is 43.8 Å². The van der Waals surface area contributed by atoms with E-state index < -0.39 is 0 Å². The molecule has 0 amide bonds. The number of rotatable bonds is 4. The Labute approximate surface area is 93.6 Å². The summed E-state index contributed by atoms with van der Waals surface area (Å²) in [6.45, 7) is 2.96. The van der Waals surface area contributed by atoms with Crippen molar-refractivity contribution in [3.8, 4) is 10.6 Å². The van der Waals surface area contributed by atoms with Gasteiger partial charge in [-0.2, -0.15) is 0 Å². The van der Waals surface area contributed by atoms with E-state index in [4.69, 9.17) is 5.73 Å². The minimum atomic E-state index is 0.239. The molecule has 0 saturated carbocycles. The normalized spacial score (nSPS) is 12.9. The molecule has 15 heavy (non-hydrogen) atoms. The molecule has 0 aliphatic rings. The smallest absolute Gasteiger partial charge is 0.0951 e. The summed E-state index contributed by atoms with van der Waals surface area (Å²) >= 11 is 1.74. The number of aromatic nitrogens is 2. The van der Waals surface area contributed by atoms with Crippen LogP contribution in [0.1, 0.15) is 13.3 Å². The molecule has 0 aliphatic heterocycles. The quantitative estimate of drug-likeness (QED) is 0.861. The summed E-state index contributed by atoms with van der Waals surface area (Å²) in [5, 5.41) is 2.08. The van der Waals surface area contributed by atoms with Crippen molar-refractivity contribution in [3.05, 3.63) is 30.0 Å². The molecule has 0 saturated heterocycles. The van der Waals surface area contributed by atoms with E-state index in [0.29, 0.717) is 0 Å². The van der Waals surface area contributed by atoms with Crippen LogP contribution in [0, 0.1) is 0 Å². The zero-order valence-electron chi connectivity index (χ0n) is 8.76. The maximum atomic E-state index is 5.75. The fraction of sp³-hybridized carbons (Fsp3) is 0.364. The van der Waals surface area contributed by atoms with Crippen molar-refractivity contribution in [2.24, 2.45) is 5.73 Å². The van der Waals surface area contributed by atoms with Crippen molar-refractivity contribution in [2.75, 3.05) is 0 Å². The molecule has 3 nitrogen and oxygen atoms in total. The van der Waals surface area contributed by atoms with Crippen molar-refractivity contribution in [1.29, 1.82) is 0 Å². The average molecular weight is 221 g/mol. The van der Waals surface area contributed by atoms with E-state index >= 15 is 0 Å². The van der Waals surface area contributed by atoms with Gasteiger partial charge in [0, 0.05) is 12.6 Å². The molecule has 2 N–H and O–H groups in total. The molecule has 0 fully saturated rings. The summed E-state index contributed by atoms with van der Waals surface area (Å²) in [6.07, 6.45) is 4.76. The Hall–Kier alpha value is -1.13. The minimum Gasteiger partial charge on any atom is -0.330 e. The van der Waals surface area contributed by atoms with Crippen LogP contribution in [0.25, 0.3) is 10.6 Å². The summed E-state index contributed by atoms with van der Waals surface area (Å²) in [4.78, 5) is 5.45. The van der Waals surface area contributed by atoms with Crippen LogP contribution in [0.3, 0.4) is 0 Å². The largest absolute Gasteiger partial charge is 0.330 e. The molecule has 4 heteroatoms. The van der Waals surface area contributed by atoms with E-state index in [1.807, 2.05) is 19.4 Å². The first-order chi connectivity index (χ1) is 7.27. The second-order valence-corrected chi connectivity index (χ2v) is 4.66. The van der Waals surface area contributed by atoms with Crippen molar-refractivity contribution in [2.45, 2.75) is 25.9 Å². The lowest BCUT2D eigenvalue weighted by atomic mass is 10.2. The van der Waals surface area contributed by atoms with Gasteiger partial charge in [-0.15, -0.1) is 11.3 Å². The molecular weight excluding hydrogens is 206 g/mol. The van der Waals surface area contributed by atoms with E-state index in [1.165, 1.54) is 10.6 Å². The number of aryl methyl sites for hydroxylation is 1. The van der Waals surface area contributed by atoms with E-state index in [9.17, 15) is 0 Å². The molecule has 1 atom stereocenters. The standard InChI is InChI=1S/C11H15N3S/c1-9(12)4-5-14-8-13-7-10(14)11-3-2-6-15-11/h2-3,6-9H,4-5,12H2,1H3. The lowest BCUT2D eigenvalue weighted by Gasteiger charge is -2.08. The van der Waals surface area contributed by atoms with E-state index in [2.05, 4.69) is 27.1 Å². The molecule has 2 rings (SSSR count). The molecule has 1 unspecified atom stereocenters. The van der Waals surface area contributed by atoms with E-state index in [-0.39, 0.29) is 6.04 Å². The Bertz CT molecular complexity index is 403. The van der Waals surface area contributed by atoms with Gasteiger partial charge in [-0.05, 0) is 24.8 Å². The lowest BCUT2D eigenvalue weighted by molar-refractivity contribution is 0.574. The van der Waals surface area contributed by atoms with Gasteiger partial charge in [-0.1, -0.05) is 6.07 Å². The first-order valence-electron chi connectivity index (χ1n) is 5.07. The Morgan fingerprint density at radius 1 is 1.60 bits per heavy atom. The number of hydrogen-bond acceptors (Lipinski definition) is 3. The first kappa shape index (κ1) is 10.4. The Morgan fingerprint density at radius 3 is 3.13 bits per heavy atom. The van der Waals surface area contributed by atoms with Crippen LogP contribution in [-0.4, -0.2) is 15.6 Å². The third-order valence-corrected chi connectivity index (χ3v) is 3.20. The summed E-state index contributed by atoms with van der Waals surface area (Å²) in [6, 6.07) is 4.41. The maximum absolute atomic E-state index is 5.75. The molecule has 0 aliphatic carbocycles. The zero-order chi connectivity index (χ0) is 10.7. The molecule has 0 bridgehead atoms. The summed E-state index contributed by atoms with van der Waals surface area (Å²) in [7, 11) is 0. The Balaban J connectivity index is 2.16. The molecule has 2 aromatic heterocycles. The number of hydrogen-bond donors (Lipinski definition) is 1. The monoisotopic (exact) mass is 221 g/mol. The van der Waals surface area contributed by atoms with Crippen LogP contribution in [-0.2, 0) is 6.54 Å². The van der Waals surface area contributed by atoms with E-state index in [0.717, 1.165) is 13.0 Å². The van der Waals surface area contributed by atoms with Gasteiger partial charge in [-0.25, -0.2) is 4.98 Å². The third kappa shape index (κ3) is 2.46. The van der Waals surface area contributed by atoms with Crippen molar-refractivity contribution in [3.63, 3.8) is 0 Å². The zero-order valence-corrected chi connectivity index (χ0v) is 9.57. The molecule has 0 aromatic carbocycles. The van der Waals surface area contributed by atoms with Gasteiger partial charge in [0.25, 0.3) is 0 Å². The lowest BCUT2D eigenvalue weighted by Crippen LogP contribution is -2.17. The van der Waals surface area contributed by atoms with Crippen LogP contribution >= 0.6 is 11.3 Å². The van der Waals surface area contributed by atoms with Gasteiger partial charge in [0.05, 0.1) is 23.1 Å². The average Bonchev–Trinajstić information content (AvgIpc) is 2.85. The molecule has 2 aromatic rings. The van der Waals surface area contributed by atoms with E-state index in [1.54, 1.807) is 11.3 Å². The minimum absolute atomic E-state index is 0.239. The summed E-state index contributed by atoms with van der Waals surface area (Å²) in [5.74, 6) is 0. The highest BCUT2D eigenvalue weighted by molar-refractivity contribution is 7.13. The van der Waals surface area contributed by atoms with Crippen LogP contribution in [0.5, 0.6) is 0 Å². The summed E-state index contributed by atoms with van der Waals surface area (Å²) in [5.41, 5.74) is 6.93. The predicted molar refractivity (Wildman–Crippen MR) is 63.8 cm³/mol. The van der Waals surface area contributed by atoms with Gasteiger partial charge in [0.15, 0.2) is 0 Å². The van der Waals surface area contributed by atoms with Crippen molar-refractivity contribution in [1.82, 2.24) is 9.55 Å². The third-order valence-electron chi connectivity index (χ3n) is 2.31. The molecular formula is C11H15N3S. The Kier molecular flexibility index (Phi) is 3.18. The first-order valence-corrected chi connectivity index (χ1v) is 5.95. The highest BCUT2D eigenvalue weighted by atomic mass is 32.1. The molecule has 0 radical (unpaired) electrons. The number of thiophene rings is 1.